The van der Waals surface area contributed by atoms with Gasteiger partial charge in [-0.2, -0.15) is 4.72 Å². The quantitative estimate of drug-likeness (QED) is 0.609. The van der Waals surface area contributed by atoms with E-state index in [1.165, 1.54) is 25.3 Å². The highest BCUT2D eigenvalue weighted by Crippen LogP contribution is 2.24. The van der Waals surface area contributed by atoms with Gasteiger partial charge in [0, 0.05) is 6.07 Å². The number of nitrogens with two attached hydrogens (primary N) is 1. The maximum atomic E-state index is 12.2. The van der Waals surface area contributed by atoms with Crippen LogP contribution in [0.2, 0.25) is 0 Å². The van der Waals surface area contributed by atoms with Gasteiger partial charge >= 0.3 is 0 Å². The van der Waals surface area contributed by atoms with Crippen LogP contribution in [0.4, 0.5) is 5.69 Å². The van der Waals surface area contributed by atoms with Crippen LogP contribution in [0, 0.1) is 12.3 Å². The van der Waals surface area contributed by atoms with Crippen LogP contribution in [0.3, 0.4) is 0 Å². The summed E-state index contributed by atoms with van der Waals surface area (Å²) in [7, 11) is -2.24. The van der Waals surface area contributed by atoms with Gasteiger partial charge < -0.3 is 10.5 Å². The maximum absolute atomic E-state index is 12.2. The molecule has 0 aliphatic carbocycles. The summed E-state index contributed by atoms with van der Waals surface area (Å²) in [5.74, 6) is 2.74. The van der Waals surface area contributed by atoms with Crippen LogP contribution in [-0.4, -0.2) is 21.6 Å². The molecule has 0 saturated heterocycles. The summed E-state index contributed by atoms with van der Waals surface area (Å²) in [6.45, 7) is 1.94. The summed E-state index contributed by atoms with van der Waals surface area (Å²) in [5.41, 5.74) is 6.02. The number of nitrogens with one attached hydrogen (secondary N) is 1. The van der Waals surface area contributed by atoms with Gasteiger partial charge in [-0.1, -0.05) is 19.3 Å². The minimum atomic E-state index is -3.67. The highest BCUT2D eigenvalue weighted by atomic mass is 32.2. The molecule has 0 radical (unpaired) electrons. The molecule has 104 valence electrons. The third-order valence-corrected chi connectivity index (χ3v) is 4.06. The van der Waals surface area contributed by atoms with Crippen LogP contribution < -0.4 is 15.2 Å². The van der Waals surface area contributed by atoms with Crippen molar-refractivity contribution in [3.63, 3.8) is 0 Å². The van der Waals surface area contributed by atoms with Crippen LogP contribution >= 0.6 is 0 Å². The number of nitrogen functional groups attached to an aromatic ring is 1. The van der Waals surface area contributed by atoms with Crippen molar-refractivity contribution in [1.82, 2.24) is 4.72 Å². The minimum Gasteiger partial charge on any atom is -0.495 e. The standard InChI is InChI=1S/C13H18N2O3S/c1-4-6-10(5-2)15-19(16,17)11-7-8-12(14)13(9-11)18-3/h2,7-10,15H,4,6,14H2,1,3H3. The monoisotopic (exact) mass is 282 g/mol. The van der Waals surface area contributed by atoms with Gasteiger partial charge in [-0.3, -0.25) is 0 Å². The summed E-state index contributed by atoms with van der Waals surface area (Å²) >= 11 is 0. The molecule has 0 saturated carbocycles. The van der Waals surface area contributed by atoms with Gasteiger partial charge in [0.2, 0.25) is 10.0 Å². The Morgan fingerprint density at radius 3 is 2.74 bits per heavy atom. The van der Waals surface area contributed by atoms with Crippen LogP contribution in [0.15, 0.2) is 23.1 Å². The van der Waals surface area contributed by atoms with E-state index in [1.807, 2.05) is 6.92 Å². The fourth-order valence-corrected chi connectivity index (χ4v) is 2.78. The minimum absolute atomic E-state index is 0.0786. The number of sulfonamides is 1. The Hall–Kier alpha value is -1.71. The van der Waals surface area contributed by atoms with Crippen molar-refractivity contribution in [2.45, 2.75) is 30.7 Å². The molecular formula is C13H18N2O3S. The molecule has 0 heterocycles. The smallest absolute Gasteiger partial charge is 0.241 e. The molecule has 0 fully saturated rings. The van der Waals surface area contributed by atoms with Gasteiger partial charge in [0.1, 0.15) is 5.75 Å². The molecule has 0 aliphatic heterocycles. The molecule has 0 aliphatic rings. The fraction of sp³-hybridized carbons (Fsp3) is 0.385. The molecule has 0 bridgehead atoms. The van der Waals surface area contributed by atoms with E-state index in [2.05, 4.69) is 10.6 Å². The van der Waals surface area contributed by atoms with Crippen LogP contribution in [0.25, 0.3) is 0 Å². The highest BCUT2D eigenvalue weighted by molar-refractivity contribution is 7.89. The third kappa shape index (κ3) is 3.88. The van der Waals surface area contributed by atoms with E-state index < -0.39 is 16.1 Å². The molecule has 1 rings (SSSR count). The SMILES string of the molecule is C#CC(CCC)NS(=O)(=O)c1ccc(N)c(OC)c1. The molecular weight excluding hydrogens is 264 g/mol. The zero-order valence-corrected chi connectivity index (χ0v) is 11.8. The summed E-state index contributed by atoms with van der Waals surface area (Å²) in [5, 5.41) is 0. The molecule has 1 atom stereocenters. The first-order valence-electron chi connectivity index (χ1n) is 5.86. The molecule has 1 unspecified atom stereocenters. The van der Waals surface area contributed by atoms with Crippen LogP contribution in [0.1, 0.15) is 19.8 Å². The molecule has 0 aromatic heterocycles. The zero-order valence-electron chi connectivity index (χ0n) is 11.0. The number of rotatable bonds is 6. The number of benzene rings is 1. The normalized spacial score (nSPS) is 12.7. The van der Waals surface area contributed by atoms with E-state index in [-0.39, 0.29) is 4.90 Å². The molecule has 0 spiro atoms. The summed E-state index contributed by atoms with van der Waals surface area (Å²) in [4.78, 5) is 0.0786. The molecule has 19 heavy (non-hydrogen) atoms. The fourth-order valence-electron chi connectivity index (χ4n) is 1.58. The van der Waals surface area contributed by atoms with E-state index >= 15 is 0 Å². The van der Waals surface area contributed by atoms with E-state index in [1.54, 1.807) is 0 Å². The number of hydrogen-bond acceptors (Lipinski definition) is 4. The van der Waals surface area contributed by atoms with Crippen molar-refractivity contribution < 1.29 is 13.2 Å². The lowest BCUT2D eigenvalue weighted by Crippen LogP contribution is -2.33. The van der Waals surface area contributed by atoms with E-state index in [0.29, 0.717) is 17.9 Å². The first kappa shape index (κ1) is 15.3. The molecule has 1 aromatic rings. The number of ether oxygens (including phenoxy) is 1. The van der Waals surface area contributed by atoms with Crippen molar-refractivity contribution in [1.29, 1.82) is 0 Å². The predicted molar refractivity (Wildman–Crippen MR) is 75.3 cm³/mol. The topological polar surface area (TPSA) is 81.4 Å². The van der Waals surface area contributed by atoms with Crippen molar-refractivity contribution in [3.8, 4) is 18.1 Å². The van der Waals surface area contributed by atoms with Crippen molar-refractivity contribution >= 4 is 15.7 Å². The van der Waals surface area contributed by atoms with E-state index in [9.17, 15) is 8.42 Å². The molecule has 5 nitrogen and oxygen atoms in total. The summed E-state index contributed by atoms with van der Waals surface area (Å²) in [6, 6.07) is 3.76. The lowest BCUT2D eigenvalue weighted by molar-refractivity contribution is 0.415. The molecule has 0 amide bonds. The Kier molecular flexibility index (Phi) is 5.21. The Balaban J connectivity index is 3.04. The Labute approximate surface area is 114 Å². The Morgan fingerprint density at radius 2 is 2.21 bits per heavy atom. The number of anilines is 1. The van der Waals surface area contributed by atoms with Gasteiger partial charge in [-0.25, -0.2) is 8.42 Å². The zero-order chi connectivity index (χ0) is 14.5. The van der Waals surface area contributed by atoms with Gasteiger partial charge in [-0.15, -0.1) is 6.42 Å². The van der Waals surface area contributed by atoms with Gasteiger partial charge in [0.05, 0.1) is 23.7 Å². The Bertz CT molecular complexity index is 576. The second kappa shape index (κ2) is 6.45. The Morgan fingerprint density at radius 1 is 1.53 bits per heavy atom. The number of hydrogen-bond donors (Lipinski definition) is 2. The molecule has 3 N–H and O–H groups in total. The first-order chi connectivity index (χ1) is 8.94. The van der Waals surface area contributed by atoms with Crippen molar-refractivity contribution in [3.05, 3.63) is 18.2 Å². The van der Waals surface area contributed by atoms with E-state index in [4.69, 9.17) is 16.9 Å². The molecule has 1 aromatic carbocycles. The average Bonchev–Trinajstić information content (AvgIpc) is 2.38. The van der Waals surface area contributed by atoms with Crippen LogP contribution in [0.5, 0.6) is 5.75 Å². The van der Waals surface area contributed by atoms with Crippen molar-refractivity contribution in [2.24, 2.45) is 0 Å². The van der Waals surface area contributed by atoms with Gasteiger partial charge in [0.25, 0.3) is 0 Å². The third-order valence-electron chi connectivity index (χ3n) is 2.59. The largest absolute Gasteiger partial charge is 0.495 e. The number of methoxy groups -OCH3 is 1. The predicted octanol–water partition coefficient (Wildman–Crippen LogP) is 1.36. The van der Waals surface area contributed by atoms with Gasteiger partial charge in [0.15, 0.2) is 0 Å². The lowest BCUT2D eigenvalue weighted by atomic mass is 10.2. The molecule has 6 heteroatoms. The second-order valence-electron chi connectivity index (χ2n) is 4.03. The second-order valence-corrected chi connectivity index (χ2v) is 5.75. The van der Waals surface area contributed by atoms with Crippen LogP contribution in [-0.2, 0) is 10.0 Å². The summed E-state index contributed by atoms with van der Waals surface area (Å²) < 4.78 is 31.8. The summed E-state index contributed by atoms with van der Waals surface area (Å²) in [6.07, 6.45) is 6.68. The number of terminal acetylenes is 1. The van der Waals surface area contributed by atoms with Crippen molar-refractivity contribution in [2.75, 3.05) is 12.8 Å². The lowest BCUT2D eigenvalue weighted by Gasteiger charge is -2.13. The first-order valence-corrected chi connectivity index (χ1v) is 7.35. The average molecular weight is 282 g/mol. The highest BCUT2D eigenvalue weighted by Gasteiger charge is 2.19. The maximum Gasteiger partial charge on any atom is 0.241 e. The van der Waals surface area contributed by atoms with Gasteiger partial charge in [-0.05, 0) is 18.6 Å². The van der Waals surface area contributed by atoms with E-state index in [0.717, 1.165) is 6.42 Å².